The molecule has 2 heterocycles. The summed E-state index contributed by atoms with van der Waals surface area (Å²) in [7, 11) is 0. The average molecular weight is 641 g/mol. The maximum atomic E-state index is 14.4. The molecule has 1 aliphatic carbocycles. The number of hydrogen-bond donors (Lipinski definition) is 0. The van der Waals surface area contributed by atoms with E-state index in [9.17, 15) is 9.59 Å². The Hall–Kier alpha value is -3.24. The Morgan fingerprint density at radius 1 is 0.795 bits per heavy atom. The van der Waals surface area contributed by atoms with E-state index in [1.54, 1.807) is 6.08 Å². The molecule has 2 aliphatic heterocycles. The molecule has 39 heavy (non-hydrogen) atoms. The summed E-state index contributed by atoms with van der Waals surface area (Å²) in [6, 6.07) is 35.2. The first-order chi connectivity index (χ1) is 19.2. The number of benzene rings is 4. The fraction of sp³-hybridized carbons (Fsp3) is 0.152. The predicted molar refractivity (Wildman–Crippen MR) is 157 cm³/mol. The molecule has 192 valence electrons. The molecule has 1 amide bonds. The monoisotopic (exact) mass is 643 g/mol. The Balaban J connectivity index is 1.47. The van der Waals surface area contributed by atoms with Gasteiger partial charge in [-0.05, 0) is 0 Å². The van der Waals surface area contributed by atoms with Gasteiger partial charge in [0.15, 0.2) is 0 Å². The van der Waals surface area contributed by atoms with Gasteiger partial charge in [0, 0.05) is 0 Å². The second-order valence-corrected chi connectivity index (χ2v) is 14.6. The molecule has 1 fully saturated rings. The molecular weight excluding hydrogens is 616 g/mol. The van der Waals surface area contributed by atoms with Crippen molar-refractivity contribution in [1.82, 2.24) is 4.90 Å². The molecule has 1 saturated heterocycles. The third-order valence-corrected chi connectivity index (χ3v) is 12.6. The minimum absolute atomic E-state index is 0.0695. The van der Waals surface area contributed by atoms with Crippen molar-refractivity contribution in [3.05, 3.63) is 125 Å². The van der Waals surface area contributed by atoms with Gasteiger partial charge in [0.2, 0.25) is 0 Å². The number of nitrogens with zero attached hydrogens (tertiary/aromatic N) is 1. The number of carbonyl (C=O) groups excluding carboxylic acids is 2. The summed E-state index contributed by atoms with van der Waals surface area (Å²) in [4.78, 5) is 29.5. The molecule has 0 saturated carbocycles. The zero-order valence-corrected chi connectivity index (χ0v) is 24.5. The second-order valence-electron chi connectivity index (χ2n) is 9.81. The van der Waals surface area contributed by atoms with E-state index in [1.165, 1.54) is 0 Å². The number of carbonyl (C=O) groups is 2. The van der Waals surface area contributed by atoms with E-state index in [-0.39, 0.29) is 46.4 Å². The summed E-state index contributed by atoms with van der Waals surface area (Å²) >= 11 is -0.360. The first-order valence-corrected chi connectivity index (χ1v) is 16.6. The van der Waals surface area contributed by atoms with Crippen molar-refractivity contribution >= 4 is 66.9 Å². The van der Waals surface area contributed by atoms with Crippen LogP contribution in [0.5, 0.6) is 0 Å². The maximum absolute atomic E-state index is 14.4. The molecule has 4 aromatic rings. The molecule has 3 atom stereocenters. The van der Waals surface area contributed by atoms with E-state index >= 15 is 0 Å². The Labute approximate surface area is 240 Å². The van der Waals surface area contributed by atoms with Gasteiger partial charge in [-0.25, -0.2) is 0 Å². The predicted octanol–water partition coefficient (Wildman–Crippen LogP) is 3.52. The summed E-state index contributed by atoms with van der Waals surface area (Å²) in [6.07, 6.45) is 3.27. The molecule has 6 heteroatoms. The number of ether oxygens (including phenoxy) is 1. The standard InChI is InChI=1S/C33H25NO3Se2/c35-27-18-19-33-28(26-17-9-11-22-10-7-8-16-25(22)26)30(39-24-14-5-2-6-15-24)32(36)34(33)20-21-37-31(33)29(27)38-23-12-3-1-4-13-23/h1-19,29,31H,20-21H2. The van der Waals surface area contributed by atoms with Crippen LogP contribution in [0.2, 0.25) is 4.82 Å². The third-order valence-electron chi connectivity index (χ3n) is 7.65. The van der Waals surface area contributed by atoms with Crippen LogP contribution in [0, 0.1) is 0 Å². The number of allylic oxidation sites excluding steroid dienone is 1. The van der Waals surface area contributed by atoms with Crippen LogP contribution in [0.3, 0.4) is 0 Å². The van der Waals surface area contributed by atoms with Crippen LogP contribution in [0.1, 0.15) is 5.56 Å². The SMILES string of the molecule is O=C1C=CC23C(c4cccc5ccccc45)=C([Se]c4ccccc4)C(=O)N2CCOC3C1[Se]c1ccccc1. The van der Waals surface area contributed by atoms with Gasteiger partial charge in [0.25, 0.3) is 0 Å². The normalized spacial score (nSPS) is 24.3. The molecule has 1 spiro atoms. The molecule has 0 N–H and O–H groups in total. The van der Waals surface area contributed by atoms with Gasteiger partial charge in [-0.15, -0.1) is 0 Å². The van der Waals surface area contributed by atoms with Gasteiger partial charge in [0.1, 0.15) is 0 Å². The molecule has 4 aromatic carbocycles. The van der Waals surface area contributed by atoms with E-state index in [2.05, 4.69) is 60.7 Å². The van der Waals surface area contributed by atoms with Crippen molar-refractivity contribution in [2.24, 2.45) is 0 Å². The Kier molecular flexibility index (Phi) is 6.39. The van der Waals surface area contributed by atoms with E-state index in [1.807, 2.05) is 53.4 Å². The summed E-state index contributed by atoms with van der Waals surface area (Å²) in [6.45, 7) is 0.927. The van der Waals surface area contributed by atoms with Crippen LogP contribution >= 0.6 is 0 Å². The molecule has 3 aliphatic rings. The van der Waals surface area contributed by atoms with Crippen molar-refractivity contribution in [2.45, 2.75) is 16.5 Å². The molecule has 7 rings (SSSR count). The summed E-state index contributed by atoms with van der Waals surface area (Å²) in [5.74, 6) is 0.156. The number of ketones is 1. The van der Waals surface area contributed by atoms with E-state index in [4.69, 9.17) is 4.74 Å². The number of amides is 1. The van der Waals surface area contributed by atoms with Crippen LogP contribution in [0.15, 0.2) is 120 Å². The van der Waals surface area contributed by atoms with Crippen molar-refractivity contribution in [1.29, 1.82) is 0 Å². The van der Waals surface area contributed by atoms with Crippen molar-refractivity contribution in [3.8, 4) is 0 Å². The van der Waals surface area contributed by atoms with Crippen molar-refractivity contribution < 1.29 is 14.3 Å². The van der Waals surface area contributed by atoms with Gasteiger partial charge < -0.3 is 0 Å². The average Bonchev–Trinajstić information content (AvgIpc) is 3.22. The quantitative estimate of drug-likeness (QED) is 0.314. The zero-order chi connectivity index (χ0) is 26.4. The van der Waals surface area contributed by atoms with Gasteiger partial charge in [-0.2, -0.15) is 0 Å². The van der Waals surface area contributed by atoms with Crippen LogP contribution in [0.25, 0.3) is 16.3 Å². The summed E-state index contributed by atoms with van der Waals surface area (Å²) in [5, 5.41) is 2.24. The molecule has 0 radical (unpaired) electrons. The first-order valence-electron chi connectivity index (χ1n) is 13.0. The number of hydrogen-bond acceptors (Lipinski definition) is 3. The molecule has 4 nitrogen and oxygen atoms in total. The summed E-state index contributed by atoms with van der Waals surface area (Å²) < 4.78 is 9.74. The topological polar surface area (TPSA) is 46.6 Å². The van der Waals surface area contributed by atoms with Crippen LogP contribution < -0.4 is 8.92 Å². The fourth-order valence-electron chi connectivity index (χ4n) is 5.98. The van der Waals surface area contributed by atoms with E-state index < -0.39 is 11.6 Å². The summed E-state index contributed by atoms with van der Waals surface area (Å²) in [5.41, 5.74) is 1.24. The van der Waals surface area contributed by atoms with Gasteiger partial charge in [-0.3, -0.25) is 0 Å². The van der Waals surface area contributed by atoms with Crippen LogP contribution in [-0.4, -0.2) is 71.3 Å². The molecular formula is C33H25NO3Se2. The Morgan fingerprint density at radius 3 is 2.28 bits per heavy atom. The number of morpholine rings is 1. The first kappa shape index (κ1) is 24.8. The molecule has 0 aromatic heterocycles. The van der Waals surface area contributed by atoms with Gasteiger partial charge >= 0.3 is 241 Å². The van der Waals surface area contributed by atoms with Gasteiger partial charge in [0.05, 0.1) is 0 Å². The van der Waals surface area contributed by atoms with Gasteiger partial charge in [-0.1, -0.05) is 0 Å². The van der Waals surface area contributed by atoms with Crippen molar-refractivity contribution in [3.63, 3.8) is 0 Å². The van der Waals surface area contributed by atoms with Crippen LogP contribution in [0.4, 0.5) is 0 Å². The second kappa shape index (κ2) is 10.1. The van der Waals surface area contributed by atoms with E-state index in [0.717, 1.165) is 35.3 Å². The Bertz CT molecular complexity index is 1640. The zero-order valence-electron chi connectivity index (χ0n) is 21.0. The fourth-order valence-corrected chi connectivity index (χ4v) is 10.8. The number of rotatable bonds is 5. The minimum atomic E-state index is -0.819. The van der Waals surface area contributed by atoms with E-state index in [0.29, 0.717) is 13.2 Å². The number of fused-ring (bicyclic) bond motifs is 1. The molecule has 0 bridgehead atoms. The van der Waals surface area contributed by atoms with Crippen molar-refractivity contribution in [2.75, 3.05) is 13.2 Å². The molecule has 3 unspecified atom stereocenters. The Morgan fingerprint density at radius 2 is 1.49 bits per heavy atom. The van der Waals surface area contributed by atoms with Crippen LogP contribution in [-0.2, 0) is 14.3 Å². The third kappa shape index (κ3) is 4.07.